The summed E-state index contributed by atoms with van der Waals surface area (Å²) in [6.45, 7) is 2.41. The summed E-state index contributed by atoms with van der Waals surface area (Å²) >= 11 is 0. The molecule has 3 nitrogen and oxygen atoms in total. The molecule has 0 aromatic heterocycles. The van der Waals surface area contributed by atoms with E-state index in [1.54, 1.807) is 6.92 Å². The smallest absolute Gasteiger partial charge is 0.159 e. The largest absolute Gasteiger partial charge is 0.395 e. The molecule has 0 aliphatic heterocycles. The third kappa shape index (κ3) is 2.42. The molecule has 0 radical (unpaired) electrons. The Kier molecular flexibility index (Phi) is 3.25. The summed E-state index contributed by atoms with van der Waals surface area (Å²) in [5.41, 5.74) is 1.84. The molecule has 1 saturated carbocycles. The van der Waals surface area contributed by atoms with Crippen molar-refractivity contribution in [3.8, 4) is 0 Å². The Hall–Kier alpha value is -1.35. The lowest BCUT2D eigenvalue weighted by atomic mass is 10.1. The van der Waals surface area contributed by atoms with Gasteiger partial charge in [-0.2, -0.15) is 0 Å². The van der Waals surface area contributed by atoms with Gasteiger partial charge in [-0.25, -0.2) is 0 Å². The van der Waals surface area contributed by atoms with Crippen LogP contribution in [-0.2, 0) is 0 Å². The highest BCUT2D eigenvalue weighted by atomic mass is 16.3. The first kappa shape index (κ1) is 11.1. The van der Waals surface area contributed by atoms with Crippen molar-refractivity contribution in [3.05, 3.63) is 29.8 Å². The molecular weight excluding hydrogens is 202 g/mol. The number of carbonyl (C=O) groups excluding carboxylic acids is 1. The number of benzene rings is 1. The van der Waals surface area contributed by atoms with Crippen molar-refractivity contribution in [1.82, 2.24) is 0 Å². The highest BCUT2D eigenvalue weighted by Gasteiger charge is 2.28. The van der Waals surface area contributed by atoms with Crippen molar-refractivity contribution in [2.45, 2.75) is 25.8 Å². The second kappa shape index (κ2) is 4.66. The van der Waals surface area contributed by atoms with Gasteiger partial charge in [0, 0.05) is 23.8 Å². The highest BCUT2D eigenvalue weighted by Crippen LogP contribution is 2.31. The van der Waals surface area contributed by atoms with Crippen molar-refractivity contribution in [1.29, 1.82) is 0 Å². The molecule has 3 heteroatoms. The molecule has 1 fully saturated rings. The number of hydrogen-bond donors (Lipinski definition) is 1. The fraction of sp³-hybridized carbons (Fsp3) is 0.462. The van der Waals surface area contributed by atoms with Gasteiger partial charge in [0.05, 0.1) is 6.61 Å². The molecule has 1 aromatic rings. The topological polar surface area (TPSA) is 40.5 Å². The van der Waals surface area contributed by atoms with E-state index in [0.717, 1.165) is 11.3 Å². The molecule has 1 aliphatic rings. The van der Waals surface area contributed by atoms with E-state index in [9.17, 15) is 4.79 Å². The van der Waals surface area contributed by atoms with Crippen LogP contribution in [0, 0.1) is 0 Å². The van der Waals surface area contributed by atoms with Gasteiger partial charge in [0.2, 0.25) is 0 Å². The first-order valence-electron chi connectivity index (χ1n) is 5.71. The van der Waals surface area contributed by atoms with Crippen LogP contribution in [0.1, 0.15) is 30.1 Å². The second-order valence-corrected chi connectivity index (χ2v) is 4.25. The highest BCUT2D eigenvalue weighted by molar-refractivity contribution is 5.94. The molecule has 0 saturated heterocycles. The molecule has 0 atom stereocenters. The van der Waals surface area contributed by atoms with Gasteiger partial charge in [0.25, 0.3) is 0 Å². The molecular formula is C13H17NO2. The third-order valence-corrected chi connectivity index (χ3v) is 2.93. The molecule has 0 bridgehead atoms. The van der Waals surface area contributed by atoms with E-state index in [0.29, 0.717) is 12.6 Å². The number of hydrogen-bond acceptors (Lipinski definition) is 3. The summed E-state index contributed by atoms with van der Waals surface area (Å²) in [6.07, 6.45) is 2.41. The van der Waals surface area contributed by atoms with Gasteiger partial charge in [0.15, 0.2) is 5.78 Å². The minimum atomic E-state index is 0.0895. The maximum absolute atomic E-state index is 11.1. The van der Waals surface area contributed by atoms with Crippen molar-refractivity contribution < 1.29 is 9.90 Å². The lowest BCUT2D eigenvalue weighted by molar-refractivity contribution is 0.101. The summed E-state index contributed by atoms with van der Waals surface area (Å²) in [5, 5.41) is 9.02. The Morgan fingerprint density at radius 1 is 1.38 bits per heavy atom. The number of Topliss-reactive ketones (excluding diaryl/α,β-unsaturated/α-hetero) is 1. The lowest BCUT2D eigenvalue weighted by Gasteiger charge is -2.23. The normalized spacial score (nSPS) is 14.9. The van der Waals surface area contributed by atoms with E-state index in [1.807, 2.05) is 24.3 Å². The SMILES string of the molecule is CC(=O)c1ccc(N(CCO)C2CC2)cc1. The van der Waals surface area contributed by atoms with Crippen LogP contribution in [0.5, 0.6) is 0 Å². The first-order valence-corrected chi connectivity index (χ1v) is 5.71. The molecule has 0 unspecified atom stereocenters. The quantitative estimate of drug-likeness (QED) is 0.768. The number of aliphatic hydroxyl groups excluding tert-OH is 1. The zero-order chi connectivity index (χ0) is 11.5. The number of ketones is 1. The van der Waals surface area contributed by atoms with Crippen molar-refractivity contribution in [2.24, 2.45) is 0 Å². The van der Waals surface area contributed by atoms with Gasteiger partial charge in [-0.1, -0.05) is 0 Å². The Labute approximate surface area is 95.7 Å². The molecule has 0 amide bonds. The monoisotopic (exact) mass is 219 g/mol. The van der Waals surface area contributed by atoms with Gasteiger partial charge in [-0.3, -0.25) is 4.79 Å². The minimum absolute atomic E-state index is 0.0895. The fourth-order valence-electron chi connectivity index (χ4n) is 1.90. The molecule has 0 spiro atoms. The zero-order valence-corrected chi connectivity index (χ0v) is 9.52. The standard InChI is InChI=1S/C13H17NO2/c1-10(16)11-2-4-12(5-3-11)14(8-9-15)13-6-7-13/h2-5,13,15H,6-9H2,1H3. The second-order valence-electron chi connectivity index (χ2n) is 4.25. The van der Waals surface area contributed by atoms with E-state index in [-0.39, 0.29) is 12.4 Å². The number of anilines is 1. The Morgan fingerprint density at radius 2 is 2.00 bits per heavy atom. The van der Waals surface area contributed by atoms with Crippen LogP contribution >= 0.6 is 0 Å². The molecule has 2 rings (SSSR count). The maximum atomic E-state index is 11.1. The summed E-state index contributed by atoms with van der Waals surface area (Å²) < 4.78 is 0. The van der Waals surface area contributed by atoms with E-state index >= 15 is 0 Å². The number of rotatable bonds is 5. The average molecular weight is 219 g/mol. The lowest BCUT2D eigenvalue weighted by Crippen LogP contribution is -2.28. The minimum Gasteiger partial charge on any atom is -0.395 e. The third-order valence-electron chi connectivity index (χ3n) is 2.93. The van der Waals surface area contributed by atoms with E-state index in [2.05, 4.69) is 4.90 Å². The Bertz CT molecular complexity index is 368. The van der Waals surface area contributed by atoms with Gasteiger partial charge in [-0.15, -0.1) is 0 Å². The summed E-state index contributed by atoms with van der Waals surface area (Å²) in [7, 11) is 0. The van der Waals surface area contributed by atoms with Gasteiger partial charge in [0.1, 0.15) is 0 Å². The summed E-state index contributed by atoms with van der Waals surface area (Å²) in [5.74, 6) is 0.0895. The van der Waals surface area contributed by atoms with Crippen LogP contribution in [0.3, 0.4) is 0 Å². The van der Waals surface area contributed by atoms with Crippen LogP contribution in [0.15, 0.2) is 24.3 Å². The maximum Gasteiger partial charge on any atom is 0.159 e. The average Bonchev–Trinajstić information content (AvgIpc) is 3.10. The predicted octanol–water partition coefficient (Wildman–Crippen LogP) is 1.85. The van der Waals surface area contributed by atoms with Crippen molar-refractivity contribution in [2.75, 3.05) is 18.1 Å². The van der Waals surface area contributed by atoms with Crippen LogP contribution in [0.25, 0.3) is 0 Å². The van der Waals surface area contributed by atoms with Gasteiger partial charge >= 0.3 is 0 Å². The number of nitrogens with zero attached hydrogens (tertiary/aromatic N) is 1. The number of aliphatic hydroxyl groups is 1. The molecule has 1 aromatic carbocycles. The Morgan fingerprint density at radius 3 is 2.44 bits per heavy atom. The predicted molar refractivity (Wildman–Crippen MR) is 63.9 cm³/mol. The van der Waals surface area contributed by atoms with E-state index < -0.39 is 0 Å². The fourth-order valence-corrected chi connectivity index (χ4v) is 1.90. The van der Waals surface area contributed by atoms with Crippen LogP contribution in [-0.4, -0.2) is 30.1 Å². The molecule has 0 heterocycles. The van der Waals surface area contributed by atoms with E-state index in [1.165, 1.54) is 12.8 Å². The molecule has 1 aliphatic carbocycles. The van der Waals surface area contributed by atoms with Crippen molar-refractivity contribution >= 4 is 11.5 Å². The van der Waals surface area contributed by atoms with Crippen LogP contribution in [0.4, 0.5) is 5.69 Å². The van der Waals surface area contributed by atoms with Crippen LogP contribution in [0.2, 0.25) is 0 Å². The molecule has 1 N–H and O–H groups in total. The van der Waals surface area contributed by atoms with E-state index in [4.69, 9.17) is 5.11 Å². The molecule has 86 valence electrons. The molecule has 16 heavy (non-hydrogen) atoms. The number of carbonyl (C=O) groups is 1. The van der Waals surface area contributed by atoms with Gasteiger partial charge in [-0.05, 0) is 44.0 Å². The Balaban J connectivity index is 2.14. The van der Waals surface area contributed by atoms with Crippen molar-refractivity contribution in [3.63, 3.8) is 0 Å². The van der Waals surface area contributed by atoms with Crippen LogP contribution < -0.4 is 4.90 Å². The summed E-state index contributed by atoms with van der Waals surface area (Å²) in [4.78, 5) is 13.4. The zero-order valence-electron chi connectivity index (χ0n) is 9.52. The van der Waals surface area contributed by atoms with Gasteiger partial charge < -0.3 is 10.0 Å². The summed E-state index contributed by atoms with van der Waals surface area (Å²) in [6, 6.07) is 8.21. The first-order chi connectivity index (χ1) is 7.72.